The highest BCUT2D eigenvalue weighted by atomic mass is 15.3. The maximum absolute atomic E-state index is 2.53. The Labute approximate surface area is 611 Å². The molecular weight excluding hydrogens is 1280 g/mol. The first-order chi connectivity index (χ1) is 52.2. The Hall–Kier alpha value is -14.1. The van der Waals surface area contributed by atoms with Crippen LogP contribution in [0.1, 0.15) is 22.3 Å². The van der Waals surface area contributed by atoms with E-state index in [1.165, 1.54) is 22.3 Å². The van der Waals surface area contributed by atoms with Crippen LogP contribution in [0, 0.1) is 0 Å². The maximum Gasteiger partial charge on any atom is 0.0716 e. The second-order valence-electron chi connectivity index (χ2n) is 27.3. The molecule has 16 aromatic rings. The lowest BCUT2D eigenvalue weighted by Gasteiger charge is -2.44. The highest BCUT2D eigenvalue weighted by molar-refractivity contribution is 6.08. The first kappa shape index (κ1) is 59.8. The van der Waals surface area contributed by atoms with Crippen molar-refractivity contribution in [2.24, 2.45) is 0 Å². The normalized spacial score (nSPS) is 13.8. The first-order valence-electron chi connectivity index (χ1n) is 36.0. The summed E-state index contributed by atoms with van der Waals surface area (Å²) < 4.78 is 0. The van der Waals surface area contributed by atoms with Crippen LogP contribution in [0.15, 0.2) is 400 Å². The zero-order valence-electron chi connectivity index (χ0n) is 57.2. The fourth-order valence-corrected chi connectivity index (χ4v) is 17.5. The molecule has 0 unspecified atom stereocenters. The minimum atomic E-state index is -1.03. The zero-order chi connectivity index (χ0) is 69.1. The summed E-state index contributed by atoms with van der Waals surface area (Å²) in [6.07, 6.45) is 0. The van der Waals surface area contributed by atoms with Crippen molar-refractivity contribution in [2.45, 2.75) is 5.41 Å². The van der Waals surface area contributed by atoms with Gasteiger partial charge in [-0.3, -0.25) is 0 Å². The van der Waals surface area contributed by atoms with E-state index in [1.54, 1.807) is 0 Å². The first-order valence-corrected chi connectivity index (χ1v) is 36.0. The fraction of sp³-hybridized carbons (Fsp3) is 0.0103. The van der Waals surface area contributed by atoms with Gasteiger partial charge in [-0.2, -0.15) is 0 Å². The summed E-state index contributed by atoms with van der Waals surface area (Å²) in [4.78, 5) is 19.8. The second-order valence-corrected chi connectivity index (χ2v) is 27.3. The zero-order valence-corrected chi connectivity index (χ0v) is 57.2. The molecule has 4 heterocycles. The summed E-state index contributed by atoms with van der Waals surface area (Å²) in [5.74, 6) is 0. The Bertz CT molecular complexity index is 5210. The Kier molecular flexibility index (Phi) is 13.7. The van der Waals surface area contributed by atoms with Crippen LogP contribution in [0.4, 0.5) is 136 Å². The average Bonchev–Trinajstić information content (AvgIpc) is 1.59. The van der Waals surface area contributed by atoms with Gasteiger partial charge in [0.25, 0.3) is 0 Å². The third-order valence-corrected chi connectivity index (χ3v) is 21.6. The minimum Gasteiger partial charge on any atom is -0.306 e. The van der Waals surface area contributed by atoms with E-state index in [0.29, 0.717) is 0 Å². The van der Waals surface area contributed by atoms with Crippen molar-refractivity contribution in [1.82, 2.24) is 0 Å². The molecule has 0 saturated heterocycles. The molecule has 0 saturated carbocycles. The van der Waals surface area contributed by atoms with Gasteiger partial charge in [0.1, 0.15) is 0 Å². The quantitative estimate of drug-likeness (QED) is 0.134. The number of para-hydroxylation sites is 20. The molecule has 4 aliphatic heterocycles. The van der Waals surface area contributed by atoms with Crippen molar-refractivity contribution in [3.8, 4) is 11.1 Å². The molecule has 0 atom stereocenters. The summed E-state index contributed by atoms with van der Waals surface area (Å²) in [5, 5.41) is 0. The molecule has 21 rings (SSSR count). The van der Waals surface area contributed by atoms with Gasteiger partial charge in [0.2, 0.25) is 0 Å². The number of hydrogen-bond acceptors (Lipinski definition) is 8. The summed E-state index contributed by atoms with van der Waals surface area (Å²) in [6, 6.07) is 148. The van der Waals surface area contributed by atoms with Crippen molar-refractivity contribution in [1.29, 1.82) is 0 Å². The SMILES string of the molecule is c1ccc(N2c3ccccc3N(c3cc(N4c5ccccc5N(c5ccccc5)c5ccccc54)cc(C4(c5cc(N6c7ccccc7N(c7ccccc7)c7ccccc76)cc(N6c7ccccc7N(c7ccccc7)c7ccccc76)c5)c5ccccc5-c5ccccc54)c3)c3ccccc32)cc1. The predicted molar refractivity (Wildman–Crippen MR) is 435 cm³/mol. The van der Waals surface area contributed by atoms with Gasteiger partial charge in [0.15, 0.2) is 0 Å². The molecule has 0 fully saturated rings. The van der Waals surface area contributed by atoms with E-state index in [4.69, 9.17) is 0 Å². The summed E-state index contributed by atoms with van der Waals surface area (Å²) in [6.45, 7) is 0. The summed E-state index contributed by atoms with van der Waals surface area (Å²) in [7, 11) is 0. The second kappa shape index (κ2) is 24.1. The third-order valence-electron chi connectivity index (χ3n) is 21.6. The van der Waals surface area contributed by atoms with Crippen LogP contribution in [0.2, 0.25) is 0 Å². The van der Waals surface area contributed by atoms with Gasteiger partial charge in [-0.25, -0.2) is 0 Å². The molecule has 8 nitrogen and oxygen atoms in total. The van der Waals surface area contributed by atoms with E-state index in [2.05, 4.69) is 440 Å². The third kappa shape index (κ3) is 9.13. The van der Waals surface area contributed by atoms with Crippen molar-refractivity contribution in [3.05, 3.63) is 423 Å². The molecule has 494 valence electrons. The lowest BCUT2D eigenvalue weighted by molar-refractivity contribution is 0.768. The van der Waals surface area contributed by atoms with E-state index in [0.717, 1.165) is 148 Å². The van der Waals surface area contributed by atoms with Crippen molar-refractivity contribution in [2.75, 3.05) is 39.2 Å². The number of anilines is 24. The Morgan fingerprint density at radius 1 is 0.133 bits per heavy atom. The minimum absolute atomic E-state index is 1.01. The average molecular weight is 1340 g/mol. The number of nitrogens with zero attached hydrogens (tertiary/aromatic N) is 8. The topological polar surface area (TPSA) is 25.9 Å². The number of benzene rings is 16. The standard InChI is InChI=1S/C97H66N8/c1-5-33-69(34-6-1)98-81-45-17-25-53-89(81)102(90-54-26-18-46-82(90)98)73-61-67(62-74(65-73)103-91-55-27-19-47-83(91)99(70-35-7-2-8-36-70)84-48-20-28-56-92(84)103)97(79-43-15-13-41-77(79)78-42-14-16-44-80(78)97)68-63-75(104-93-57-29-21-49-85(93)100(71-37-9-3-10-38-71)86-50-22-30-58-94(86)104)66-76(64-68)105-95-59-31-23-51-87(95)101(72-39-11-4-12-40-72)88-52-24-32-60-96(88)105/h1-66H. The number of fused-ring (bicyclic) bond motifs is 11. The largest absolute Gasteiger partial charge is 0.306 e. The van der Waals surface area contributed by atoms with Gasteiger partial charge < -0.3 is 39.2 Å². The molecule has 5 aliphatic rings. The van der Waals surface area contributed by atoms with Crippen LogP contribution in [0.3, 0.4) is 0 Å². The van der Waals surface area contributed by atoms with Gasteiger partial charge >= 0.3 is 0 Å². The van der Waals surface area contributed by atoms with Gasteiger partial charge in [-0.15, -0.1) is 0 Å². The molecule has 0 amide bonds. The van der Waals surface area contributed by atoms with Gasteiger partial charge in [0.05, 0.1) is 96.4 Å². The van der Waals surface area contributed by atoms with Gasteiger partial charge in [-0.05, 0) is 215 Å². The van der Waals surface area contributed by atoms with Crippen molar-refractivity contribution >= 4 is 136 Å². The van der Waals surface area contributed by atoms with E-state index in [-0.39, 0.29) is 0 Å². The molecule has 0 aromatic heterocycles. The summed E-state index contributed by atoms with van der Waals surface area (Å²) in [5.41, 5.74) is 31.3. The van der Waals surface area contributed by atoms with Crippen molar-refractivity contribution in [3.63, 3.8) is 0 Å². The van der Waals surface area contributed by atoms with E-state index in [1.807, 2.05) is 0 Å². The molecule has 0 radical (unpaired) electrons. The van der Waals surface area contributed by atoms with Crippen LogP contribution >= 0.6 is 0 Å². The van der Waals surface area contributed by atoms with Crippen LogP contribution in [0.25, 0.3) is 11.1 Å². The molecule has 0 spiro atoms. The van der Waals surface area contributed by atoms with E-state index >= 15 is 0 Å². The fourth-order valence-electron chi connectivity index (χ4n) is 17.5. The van der Waals surface area contributed by atoms with Crippen LogP contribution in [0.5, 0.6) is 0 Å². The molecular formula is C97H66N8. The van der Waals surface area contributed by atoms with E-state index < -0.39 is 5.41 Å². The predicted octanol–water partition coefficient (Wildman–Crippen LogP) is 27.1. The van der Waals surface area contributed by atoms with E-state index in [9.17, 15) is 0 Å². The van der Waals surface area contributed by atoms with Crippen LogP contribution in [-0.4, -0.2) is 0 Å². The van der Waals surface area contributed by atoms with Crippen LogP contribution < -0.4 is 39.2 Å². The monoisotopic (exact) mass is 1340 g/mol. The smallest absolute Gasteiger partial charge is 0.0716 e. The molecule has 8 heteroatoms. The Morgan fingerprint density at radius 3 is 0.476 bits per heavy atom. The number of rotatable bonds is 10. The number of hydrogen-bond donors (Lipinski definition) is 0. The molecule has 105 heavy (non-hydrogen) atoms. The maximum atomic E-state index is 2.53. The molecule has 1 aliphatic carbocycles. The van der Waals surface area contributed by atoms with Gasteiger partial charge in [-0.1, -0.05) is 218 Å². The highest BCUT2D eigenvalue weighted by Crippen LogP contribution is 2.65. The van der Waals surface area contributed by atoms with Crippen LogP contribution in [-0.2, 0) is 5.41 Å². The lowest BCUT2D eigenvalue weighted by Crippen LogP contribution is -2.31. The molecule has 16 aromatic carbocycles. The van der Waals surface area contributed by atoms with Gasteiger partial charge in [0, 0.05) is 45.5 Å². The molecule has 0 N–H and O–H groups in total. The molecule has 0 bridgehead atoms. The lowest BCUT2D eigenvalue weighted by atomic mass is 9.67. The Morgan fingerprint density at radius 2 is 0.286 bits per heavy atom. The van der Waals surface area contributed by atoms with Crippen molar-refractivity contribution < 1.29 is 0 Å². The Balaban J connectivity index is 0.897. The summed E-state index contributed by atoms with van der Waals surface area (Å²) >= 11 is 0. The highest BCUT2D eigenvalue weighted by Gasteiger charge is 2.49.